The Kier molecular flexibility index (Phi) is 6.13. The number of amides is 1. The van der Waals surface area contributed by atoms with Crippen LogP contribution in [-0.4, -0.2) is 28.7 Å². The fraction of sp³-hybridized carbons (Fsp3) is 0.129. The molecule has 3 heterocycles. The molecule has 0 saturated heterocycles. The summed E-state index contributed by atoms with van der Waals surface area (Å²) in [6.45, 7) is 2.03. The Morgan fingerprint density at radius 3 is 2.50 bits per heavy atom. The highest BCUT2D eigenvalue weighted by Gasteiger charge is 2.36. The number of pyridine rings is 1. The largest absolute Gasteiger partial charge is 0.497 e. The van der Waals surface area contributed by atoms with Gasteiger partial charge in [0.1, 0.15) is 5.75 Å². The highest BCUT2D eigenvalue weighted by Crippen LogP contribution is 2.38. The summed E-state index contributed by atoms with van der Waals surface area (Å²) < 4.78 is 5.33. The molecule has 1 amide bonds. The van der Waals surface area contributed by atoms with Crippen molar-refractivity contribution < 1.29 is 9.53 Å². The fourth-order valence-electron chi connectivity index (χ4n) is 5.03. The van der Waals surface area contributed by atoms with Gasteiger partial charge in [-0.3, -0.25) is 9.59 Å². The molecule has 0 spiro atoms. The van der Waals surface area contributed by atoms with Crippen LogP contribution in [0.2, 0.25) is 0 Å². The van der Waals surface area contributed by atoms with Gasteiger partial charge in [0.2, 0.25) is 0 Å². The summed E-state index contributed by atoms with van der Waals surface area (Å²) in [7, 11) is 1.62. The van der Waals surface area contributed by atoms with Gasteiger partial charge >= 0.3 is 0 Å². The number of hydrogen-bond donors (Lipinski definition) is 1. The smallest absolute Gasteiger partial charge is 0.284 e. The lowest BCUT2D eigenvalue weighted by atomic mass is 9.90. The summed E-state index contributed by atoms with van der Waals surface area (Å²) >= 11 is 1.38. The van der Waals surface area contributed by atoms with Crippen LogP contribution in [0, 0.1) is 6.92 Å². The zero-order chi connectivity index (χ0) is 26.2. The second-order valence-electron chi connectivity index (χ2n) is 9.29. The molecule has 2 aromatic heterocycles. The number of benzene rings is 3. The summed E-state index contributed by atoms with van der Waals surface area (Å²) in [6.07, 6.45) is 0.406. The number of ether oxygens (including phenoxy) is 1. The quantitative estimate of drug-likeness (QED) is 0.286. The number of methoxy groups -OCH3 is 1. The van der Waals surface area contributed by atoms with E-state index in [0.29, 0.717) is 22.6 Å². The van der Waals surface area contributed by atoms with Crippen LogP contribution in [0.3, 0.4) is 0 Å². The maximum atomic E-state index is 13.7. The summed E-state index contributed by atoms with van der Waals surface area (Å²) in [4.78, 5) is 30.9. The van der Waals surface area contributed by atoms with Gasteiger partial charge in [0.15, 0.2) is 0 Å². The van der Waals surface area contributed by atoms with Crippen molar-refractivity contribution in [3.05, 3.63) is 122 Å². The minimum atomic E-state index is -0.360. The Morgan fingerprint density at radius 2 is 1.79 bits per heavy atom. The summed E-state index contributed by atoms with van der Waals surface area (Å²) in [6, 6.07) is 26.8. The number of aromatic nitrogens is 1. The molecular formula is C31H25N3O3S. The molecule has 188 valence electrons. The second kappa shape index (κ2) is 9.76. The third kappa shape index (κ3) is 4.21. The van der Waals surface area contributed by atoms with Crippen LogP contribution in [0.1, 0.15) is 38.8 Å². The molecule has 1 aliphatic rings. The van der Waals surface area contributed by atoms with Crippen molar-refractivity contribution in [2.45, 2.75) is 19.4 Å². The molecule has 0 saturated carbocycles. The first-order valence-corrected chi connectivity index (χ1v) is 13.2. The van der Waals surface area contributed by atoms with Gasteiger partial charge in [0.05, 0.1) is 29.3 Å². The molecule has 0 aliphatic carbocycles. The SMILES string of the molecule is COc1ccc([C@@H]2CC(c3c(-c4ccccc4)c4cc(C)ccc4[nH]c3=O)=NN2C(=O)c2cccs2)cc1. The van der Waals surface area contributed by atoms with Gasteiger partial charge < -0.3 is 9.72 Å². The normalized spacial score (nSPS) is 15.1. The standard InChI is InChI=1S/C31H25N3O3S/c1-19-10-15-24-23(17-19)28(21-7-4-3-5-8-21)29(30(35)32-24)25-18-26(20-11-13-22(37-2)14-12-20)34(33-25)31(36)27-9-6-16-38-27/h3-17,26H,18H2,1-2H3,(H,32,35)/t26-/m0/s1. The van der Waals surface area contributed by atoms with Gasteiger partial charge in [-0.1, -0.05) is 60.2 Å². The minimum absolute atomic E-state index is 0.190. The molecule has 6 rings (SSSR count). The van der Waals surface area contributed by atoms with Crippen molar-refractivity contribution in [1.82, 2.24) is 9.99 Å². The molecular weight excluding hydrogens is 494 g/mol. The van der Waals surface area contributed by atoms with Crippen molar-refractivity contribution in [2.75, 3.05) is 7.11 Å². The van der Waals surface area contributed by atoms with Crippen LogP contribution >= 0.6 is 11.3 Å². The molecule has 5 aromatic rings. The van der Waals surface area contributed by atoms with E-state index in [1.165, 1.54) is 16.3 Å². The number of rotatable bonds is 5. The lowest BCUT2D eigenvalue weighted by Gasteiger charge is -2.21. The van der Waals surface area contributed by atoms with Crippen LogP contribution in [0.25, 0.3) is 22.0 Å². The second-order valence-corrected chi connectivity index (χ2v) is 10.2. The van der Waals surface area contributed by atoms with Crippen LogP contribution in [-0.2, 0) is 0 Å². The fourth-order valence-corrected chi connectivity index (χ4v) is 5.69. The highest BCUT2D eigenvalue weighted by atomic mass is 32.1. The number of fused-ring (bicyclic) bond motifs is 1. The van der Waals surface area contributed by atoms with Crippen LogP contribution < -0.4 is 10.3 Å². The van der Waals surface area contributed by atoms with E-state index in [-0.39, 0.29) is 17.5 Å². The number of H-pyrrole nitrogens is 1. The van der Waals surface area contributed by atoms with Crippen molar-refractivity contribution in [3.8, 4) is 16.9 Å². The molecule has 0 unspecified atom stereocenters. The van der Waals surface area contributed by atoms with Gasteiger partial charge in [-0.15, -0.1) is 11.3 Å². The van der Waals surface area contributed by atoms with Gasteiger partial charge in [-0.25, -0.2) is 5.01 Å². The van der Waals surface area contributed by atoms with Crippen molar-refractivity contribution in [3.63, 3.8) is 0 Å². The molecule has 1 N–H and O–H groups in total. The van der Waals surface area contributed by atoms with E-state index in [9.17, 15) is 9.59 Å². The Hall–Kier alpha value is -4.49. The van der Waals surface area contributed by atoms with Gasteiger partial charge in [-0.2, -0.15) is 5.10 Å². The van der Waals surface area contributed by atoms with E-state index < -0.39 is 0 Å². The van der Waals surface area contributed by atoms with Crippen molar-refractivity contribution in [2.24, 2.45) is 5.10 Å². The number of hydrazone groups is 1. The van der Waals surface area contributed by atoms with Gasteiger partial charge in [-0.05, 0) is 53.8 Å². The predicted octanol–water partition coefficient (Wildman–Crippen LogP) is 6.57. The Bertz CT molecular complexity index is 1720. The lowest BCUT2D eigenvalue weighted by molar-refractivity contribution is 0.0716. The number of aryl methyl sites for hydroxylation is 1. The molecule has 0 fully saturated rings. The zero-order valence-corrected chi connectivity index (χ0v) is 21.8. The van der Waals surface area contributed by atoms with Crippen molar-refractivity contribution >= 4 is 33.9 Å². The zero-order valence-electron chi connectivity index (χ0n) is 21.0. The predicted molar refractivity (Wildman–Crippen MR) is 152 cm³/mol. The van der Waals surface area contributed by atoms with E-state index in [4.69, 9.17) is 9.84 Å². The van der Waals surface area contributed by atoms with Crippen LogP contribution in [0.4, 0.5) is 0 Å². The first-order chi connectivity index (χ1) is 18.5. The average molecular weight is 520 g/mol. The molecule has 1 aliphatic heterocycles. The van der Waals surface area contributed by atoms with E-state index in [1.54, 1.807) is 13.2 Å². The van der Waals surface area contributed by atoms with E-state index in [2.05, 4.69) is 11.1 Å². The van der Waals surface area contributed by atoms with Crippen LogP contribution in [0.5, 0.6) is 5.75 Å². The summed E-state index contributed by atoms with van der Waals surface area (Å²) in [5, 5.41) is 9.19. The molecule has 6 nitrogen and oxygen atoms in total. The Balaban J connectivity index is 1.56. The molecule has 3 aromatic carbocycles. The third-order valence-electron chi connectivity index (χ3n) is 6.87. The number of carbonyl (C=O) groups excluding carboxylic acids is 1. The van der Waals surface area contributed by atoms with E-state index in [0.717, 1.165) is 38.9 Å². The van der Waals surface area contributed by atoms with E-state index in [1.807, 2.05) is 85.1 Å². The third-order valence-corrected chi connectivity index (χ3v) is 7.73. The topological polar surface area (TPSA) is 74.8 Å². The van der Waals surface area contributed by atoms with Crippen molar-refractivity contribution in [1.29, 1.82) is 0 Å². The first-order valence-electron chi connectivity index (χ1n) is 12.3. The maximum Gasteiger partial charge on any atom is 0.284 e. The number of carbonyl (C=O) groups is 1. The maximum absolute atomic E-state index is 13.7. The number of aromatic amines is 1. The van der Waals surface area contributed by atoms with Gasteiger partial charge in [0.25, 0.3) is 11.5 Å². The monoisotopic (exact) mass is 519 g/mol. The molecule has 0 bridgehead atoms. The minimum Gasteiger partial charge on any atom is -0.497 e. The molecule has 0 radical (unpaired) electrons. The Labute approximate surface area is 223 Å². The number of thiophene rings is 1. The molecule has 7 heteroatoms. The van der Waals surface area contributed by atoms with Crippen LogP contribution in [0.15, 0.2) is 100 Å². The first kappa shape index (κ1) is 23.9. The van der Waals surface area contributed by atoms with E-state index >= 15 is 0 Å². The average Bonchev–Trinajstić information content (AvgIpc) is 3.64. The number of hydrogen-bond acceptors (Lipinski definition) is 5. The highest BCUT2D eigenvalue weighted by molar-refractivity contribution is 7.12. The Morgan fingerprint density at radius 1 is 1.00 bits per heavy atom. The number of nitrogens with zero attached hydrogens (tertiary/aromatic N) is 2. The number of nitrogens with one attached hydrogen (secondary N) is 1. The molecule has 1 atom stereocenters. The summed E-state index contributed by atoms with van der Waals surface area (Å²) in [5.41, 5.74) is 5.38. The lowest BCUT2D eigenvalue weighted by Crippen LogP contribution is -2.26. The van der Waals surface area contributed by atoms with Gasteiger partial charge in [0, 0.05) is 22.9 Å². The summed E-state index contributed by atoms with van der Waals surface area (Å²) in [5.74, 6) is 0.543. The molecule has 38 heavy (non-hydrogen) atoms.